The molecule has 0 fully saturated rings. The number of hydrogen-bond donors (Lipinski definition) is 1. The summed E-state index contributed by atoms with van der Waals surface area (Å²) in [5.74, 6) is -0.127. The molecule has 0 spiro atoms. The molecule has 0 radical (unpaired) electrons. The van der Waals surface area contributed by atoms with Crippen molar-refractivity contribution in [3.8, 4) is 0 Å². The van der Waals surface area contributed by atoms with Crippen LogP contribution in [0.2, 0.25) is 0 Å². The van der Waals surface area contributed by atoms with Crippen molar-refractivity contribution in [3.05, 3.63) is 11.1 Å². The number of aliphatic carboxylic acids is 1. The predicted molar refractivity (Wildman–Crippen MR) is 81.5 cm³/mol. The highest BCUT2D eigenvalue weighted by molar-refractivity contribution is 6.01. The molecule has 4 heteroatoms. The summed E-state index contributed by atoms with van der Waals surface area (Å²) in [6.07, 6.45) is 1.87. The number of rotatable bonds is 8. The zero-order chi connectivity index (χ0) is 15.9. The first-order valence-corrected chi connectivity index (χ1v) is 7.36. The molecule has 0 aromatic rings. The van der Waals surface area contributed by atoms with E-state index in [1.165, 1.54) is 6.92 Å². The maximum absolute atomic E-state index is 12.4. The molecule has 4 nitrogen and oxygen atoms in total. The molecular formula is C16H29NO3. The van der Waals surface area contributed by atoms with Gasteiger partial charge in [-0.3, -0.25) is 4.79 Å². The van der Waals surface area contributed by atoms with Gasteiger partial charge in [0.15, 0.2) is 0 Å². The second-order valence-electron chi connectivity index (χ2n) is 6.21. The highest BCUT2D eigenvalue weighted by atomic mass is 16.4. The second-order valence-corrected chi connectivity index (χ2v) is 6.21. The zero-order valence-electron chi connectivity index (χ0n) is 13.7. The highest BCUT2D eigenvalue weighted by Crippen LogP contribution is 2.13. The van der Waals surface area contributed by atoms with Crippen molar-refractivity contribution in [3.63, 3.8) is 0 Å². The van der Waals surface area contributed by atoms with Crippen molar-refractivity contribution in [2.24, 2.45) is 11.8 Å². The molecule has 1 amide bonds. The number of amides is 1. The van der Waals surface area contributed by atoms with Gasteiger partial charge in [0.1, 0.15) is 0 Å². The molecule has 0 aromatic carbocycles. The lowest BCUT2D eigenvalue weighted by Crippen LogP contribution is -2.35. The van der Waals surface area contributed by atoms with Gasteiger partial charge in [-0.2, -0.15) is 0 Å². The summed E-state index contributed by atoms with van der Waals surface area (Å²) in [6, 6.07) is 0. The Morgan fingerprint density at radius 3 is 1.60 bits per heavy atom. The van der Waals surface area contributed by atoms with Crippen LogP contribution in [0.5, 0.6) is 0 Å². The van der Waals surface area contributed by atoms with Crippen LogP contribution in [-0.4, -0.2) is 35.0 Å². The topological polar surface area (TPSA) is 57.6 Å². The van der Waals surface area contributed by atoms with E-state index in [-0.39, 0.29) is 11.5 Å². The first-order chi connectivity index (χ1) is 9.16. The Bertz CT molecular complexity index is 358. The van der Waals surface area contributed by atoms with Gasteiger partial charge in [0, 0.05) is 24.2 Å². The third kappa shape index (κ3) is 6.73. The minimum Gasteiger partial charge on any atom is -0.478 e. The van der Waals surface area contributed by atoms with Crippen LogP contribution in [0, 0.1) is 11.8 Å². The van der Waals surface area contributed by atoms with Crippen molar-refractivity contribution >= 4 is 11.9 Å². The quantitative estimate of drug-likeness (QED) is 0.695. The van der Waals surface area contributed by atoms with Crippen molar-refractivity contribution in [1.82, 2.24) is 4.90 Å². The molecule has 0 rings (SSSR count). The van der Waals surface area contributed by atoms with Crippen LogP contribution >= 0.6 is 0 Å². The summed E-state index contributed by atoms with van der Waals surface area (Å²) >= 11 is 0. The third-order valence-corrected chi connectivity index (χ3v) is 3.44. The SMILES string of the molecule is CC(C(=O)O)=C(C)C(=O)N(CCC(C)C)CCC(C)C. The number of nitrogens with zero attached hydrogens (tertiary/aromatic N) is 1. The first-order valence-electron chi connectivity index (χ1n) is 7.36. The number of carboxylic acid groups (broad SMARTS) is 1. The van der Waals surface area contributed by atoms with Crippen LogP contribution in [0.25, 0.3) is 0 Å². The van der Waals surface area contributed by atoms with Gasteiger partial charge in [-0.15, -0.1) is 0 Å². The lowest BCUT2D eigenvalue weighted by molar-refractivity contribution is -0.134. The monoisotopic (exact) mass is 283 g/mol. The summed E-state index contributed by atoms with van der Waals surface area (Å²) in [5.41, 5.74) is 0.471. The fraction of sp³-hybridized carbons (Fsp3) is 0.750. The van der Waals surface area contributed by atoms with Gasteiger partial charge in [0.25, 0.3) is 0 Å². The molecule has 0 saturated heterocycles. The summed E-state index contributed by atoms with van der Waals surface area (Å²) in [4.78, 5) is 25.2. The van der Waals surface area contributed by atoms with Gasteiger partial charge in [-0.05, 0) is 38.5 Å². The van der Waals surface area contributed by atoms with E-state index in [0.717, 1.165) is 12.8 Å². The van der Waals surface area contributed by atoms with Gasteiger partial charge in [0.2, 0.25) is 5.91 Å². The van der Waals surface area contributed by atoms with Crippen molar-refractivity contribution in [1.29, 1.82) is 0 Å². The fourth-order valence-corrected chi connectivity index (χ4v) is 1.70. The molecule has 1 N–H and O–H groups in total. The van der Waals surface area contributed by atoms with Gasteiger partial charge in [-0.1, -0.05) is 27.7 Å². The summed E-state index contributed by atoms with van der Waals surface area (Å²) in [6.45, 7) is 12.9. The van der Waals surface area contributed by atoms with E-state index >= 15 is 0 Å². The molecule has 0 bridgehead atoms. The maximum Gasteiger partial charge on any atom is 0.331 e. The van der Waals surface area contributed by atoms with E-state index in [9.17, 15) is 9.59 Å². The van der Waals surface area contributed by atoms with Crippen molar-refractivity contribution in [2.75, 3.05) is 13.1 Å². The Morgan fingerprint density at radius 2 is 1.30 bits per heavy atom. The summed E-state index contributed by atoms with van der Waals surface area (Å²) in [5, 5.41) is 8.99. The lowest BCUT2D eigenvalue weighted by Gasteiger charge is -2.25. The summed E-state index contributed by atoms with van der Waals surface area (Å²) in [7, 11) is 0. The van der Waals surface area contributed by atoms with Crippen LogP contribution < -0.4 is 0 Å². The van der Waals surface area contributed by atoms with E-state index < -0.39 is 5.97 Å². The Balaban J connectivity index is 4.95. The molecule has 20 heavy (non-hydrogen) atoms. The number of carbonyl (C=O) groups is 2. The van der Waals surface area contributed by atoms with E-state index in [0.29, 0.717) is 30.5 Å². The zero-order valence-corrected chi connectivity index (χ0v) is 13.7. The number of carbonyl (C=O) groups excluding carboxylic acids is 1. The lowest BCUT2D eigenvalue weighted by atomic mass is 10.1. The average Bonchev–Trinajstić information content (AvgIpc) is 2.35. The molecule has 0 aliphatic rings. The Kier molecular flexibility index (Phi) is 8.19. The van der Waals surface area contributed by atoms with Crippen LogP contribution in [0.15, 0.2) is 11.1 Å². The molecule has 0 heterocycles. The van der Waals surface area contributed by atoms with Gasteiger partial charge in [0.05, 0.1) is 0 Å². The first kappa shape index (κ1) is 18.7. The predicted octanol–water partition coefficient (Wildman–Crippen LogP) is 3.33. The van der Waals surface area contributed by atoms with Crippen LogP contribution in [0.4, 0.5) is 0 Å². The van der Waals surface area contributed by atoms with Gasteiger partial charge < -0.3 is 10.0 Å². The molecular weight excluding hydrogens is 254 g/mol. The largest absolute Gasteiger partial charge is 0.478 e. The minimum atomic E-state index is -1.02. The van der Waals surface area contributed by atoms with Crippen molar-refractivity contribution in [2.45, 2.75) is 54.4 Å². The fourth-order valence-electron chi connectivity index (χ4n) is 1.70. The number of carboxylic acids is 1. The van der Waals surface area contributed by atoms with Crippen LogP contribution in [0.1, 0.15) is 54.4 Å². The molecule has 0 aliphatic carbocycles. The second kappa shape index (κ2) is 8.77. The Morgan fingerprint density at radius 1 is 0.900 bits per heavy atom. The Labute approximate surface area is 122 Å². The minimum absolute atomic E-state index is 0.133. The maximum atomic E-state index is 12.4. The van der Waals surface area contributed by atoms with Gasteiger partial charge >= 0.3 is 5.97 Å². The van der Waals surface area contributed by atoms with E-state index in [1.807, 2.05) is 0 Å². The van der Waals surface area contributed by atoms with Crippen LogP contribution in [0.3, 0.4) is 0 Å². The standard InChI is InChI=1S/C16H29NO3/c1-11(2)7-9-17(10-8-12(3)4)15(18)13(5)14(6)16(19)20/h11-12H,7-10H2,1-6H3,(H,19,20). The third-order valence-electron chi connectivity index (χ3n) is 3.44. The summed E-state index contributed by atoms with van der Waals surface area (Å²) < 4.78 is 0. The molecule has 0 unspecified atom stereocenters. The van der Waals surface area contributed by atoms with Gasteiger partial charge in [-0.25, -0.2) is 4.79 Å². The number of hydrogen-bond acceptors (Lipinski definition) is 2. The average molecular weight is 283 g/mol. The molecule has 116 valence electrons. The smallest absolute Gasteiger partial charge is 0.331 e. The van der Waals surface area contributed by atoms with Crippen LogP contribution in [-0.2, 0) is 9.59 Å². The molecule has 0 atom stereocenters. The van der Waals surface area contributed by atoms with E-state index in [2.05, 4.69) is 27.7 Å². The normalized spacial score (nSPS) is 12.6. The molecule has 0 aromatic heterocycles. The van der Waals surface area contributed by atoms with E-state index in [4.69, 9.17) is 5.11 Å². The molecule has 0 aliphatic heterocycles. The van der Waals surface area contributed by atoms with Crippen molar-refractivity contribution < 1.29 is 14.7 Å². The van der Waals surface area contributed by atoms with E-state index in [1.54, 1.807) is 11.8 Å². The highest BCUT2D eigenvalue weighted by Gasteiger charge is 2.19. The Hall–Kier alpha value is -1.32. The molecule has 0 saturated carbocycles.